The third-order valence-electron chi connectivity index (χ3n) is 2.36. The van der Waals surface area contributed by atoms with Crippen molar-refractivity contribution in [3.8, 4) is 5.75 Å². The molecule has 1 aromatic carbocycles. The number of nitro groups is 1. The molecule has 0 saturated carbocycles. The van der Waals surface area contributed by atoms with Crippen LogP contribution in [0.1, 0.15) is 16.1 Å². The third-order valence-corrected chi connectivity index (χ3v) is 2.36. The summed E-state index contributed by atoms with van der Waals surface area (Å²) in [6, 6.07) is 6.98. The summed E-state index contributed by atoms with van der Waals surface area (Å²) < 4.78 is 10.2. The molecule has 2 aromatic rings. The Hall–Kier alpha value is -2.83. The van der Waals surface area contributed by atoms with Crippen LogP contribution in [0.5, 0.6) is 5.75 Å². The molecule has 0 atom stereocenters. The van der Waals surface area contributed by atoms with E-state index in [9.17, 15) is 14.9 Å². The van der Waals surface area contributed by atoms with Gasteiger partial charge in [0.05, 0.1) is 11.2 Å². The SMILES string of the molecule is O=C(O)c1cccc([N+](=O)[O-])c1OCc1ccco1. The van der Waals surface area contributed by atoms with Crippen molar-refractivity contribution in [3.05, 3.63) is 58.0 Å². The second-order valence-electron chi connectivity index (χ2n) is 3.58. The minimum Gasteiger partial charge on any atom is -0.478 e. The maximum absolute atomic E-state index is 11.0. The van der Waals surface area contributed by atoms with Crippen molar-refractivity contribution in [2.24, 2.45) is 0 Å². The van der Waals surface area contributed by atoms with Gasteiger partial charge in [0, 0.05) is 6.07 Å². The Kier molecular flexibility index (Phi) is 3.46. The summed E-state index contributed by atoms with van der Waals surface area (Å²) in [5.41, 5.74) is -0.660. The first-order valence-corrected chi connectivity index (χ1v) is 5.25. The number of nitrogens with zero attached hydrogens (tertiary/aromatic N) is 1. The van der Waals surface area contributed by atoms with Crippen LogP contribution in [0.2, 0.25) is 0 Å². The van der Waals surface area contributed by atoms with Crippen LogP contribution < -0.4 is 4.74 Å². The van der Waals surface area contributed by atoms with Gasteiger partial charge in [0.25, 0.3) is 0 Å². The molecule has 0 saturated heterocycles. The molecule has 1 heterocycles. The highest BCUT2D eigenvalue weighted by atomic mass is 16.6. The summed E-state index contributed by atoms with van der Waals surface area (Å²) in [6.07, 6.45) is 1.43. The Labute approximate surface area is 107 Å². The monoisotopic (exact) mass is 263 g/mol. The van der Waals surface area contributed by atoms with E-state index in [0.717, 1.165) is 0 Å². The maximum atomic E-state index is 11.0. The van der Waals surface area contributed by atoms with Crippen molar-refractivity contribution in [2.45, 2.75) is 6.61 Å². The fraction of sp³-hybridized carbons (Fsp3) is 0.0833. The molecule has 0 radical (unpaired) electrons. The molecule has 1 aromatic heterocycles. The van der Waals surface area contributed by atoms with E-state index in [0.29, 0.717) is 5.76 Å². The van der Waals surface area contributed by atoms with Crippen molar-refractivity contribution < 1.29 is 24.0 Å². The topological polar surface area (TPSA) is 103 Å². The number of rotatable bonds is 5. The average Bonchev–Trinajstić information content (AvgIpc) is 2.88. The zero-order chi connectivity index (χ0) is 13.8. The van der Waals surface area contributed by atoms with Crippen LogP contribution in [0, 0.1) is 10.1 Å². The average molecular weight is 263 g/mol. The highest BCUT2D eigenvalue weighted by molar-refractivity contribution is 5.92. The van der Waals surface area contributed by atoms with Gasteiger partial charge in [-0.2, -0.15) is 0 Å². The molecule has 0 bridgehead atoms. The molecular formula is C12H9NO6. The van der Waals surface area contributed by atoms with Gasteiger partial charge < -0.3 is 14.3 Å². The highest BCUT2D eigenvalue weighted by Gasteiger charge is 2.23. The van der Waals surface area contributed by atoms with Gasteiger partial charge in [0.2, 0.25) is 5.75 Å². The molecule has 98 valence electrons. The molecule has 0 aliphatic carbocycles. The number of ether oxygens (including phenoxy) is 1. The van der Waals surface area contributed by atoms with Crippen molar-refractivity contribution in [2.75, 3.05) is 0 Å². The fourth-order valence-electron chi connectivity index (χ4n) is 1.53. The molecule has 7 heteroatoms. The number of nitro benzene ring substituents is 1. The largest absolute Gasteiger partial charge is 0.478 e. The minimum atomic E-state index is -1.29. The van der Waals surface area contributed by atoms with Gasteiger partial charge in [-0.05, 0) is 18.2 Å². The van der Waals surface area contributed by atoms with E-state index in [1.165, 1.54) is 24.5 Å². The molecule has 0 spiro atoms. The maximum Gasteiger partial charge on any atom is 0.339 e. The van der Waals surface area contributed by atoms with E-state index in [4.69, 9.17) is 14.3 Å². The first-order valence-electron chi connectivity index (χ1n) is 5.25. The van der Waals surface area contributed by atoms with Crippen LogP contribution in [0.25, 0.3) is 0 Å². The van der Waals surface area contributed by atoms with Crippen LogP contribution in [-0.2, 0) is 6.61 Å². The molecule has 0 unspecified atom stereocenters. The Balaban J connectivity index is 2.35. The molecule has 2 rings (SSSR count). The minimum absolute atomic E-state index is 0.0852. The highest BCUT2D eigenvalue weighted by Crippen LogP contribution is 2.31. The quantitative estimate of drug-likeness (QED) is 0.656. The molecule has 0 fully saturated rings. The lowest BCUT2D eigenvalue weighted by Gasteiger charge is -2.08. The smallest absolute Gasteiger partial charge is 0.339 e. The zero-order valence-corrected chi connectivity index (χ0v) is 9.61. The summed E-state index contributed by atoms with van der Waals surface area (Å²) in [6.45, 7) is -0.0852. The second-order valence-corrected chi connectivity index (χ2v) is 3.58. The Bertz CT molecular complexity index is 572. The van der Waals surface area contributed by atoms with Gasteiger partial charge in [0.1, 0.15) is 17.9 Å². The van der Waals surface area contributed by atoms with E-state index < -0.39 is 16.6 Å². The Morgan fingerprint density at radius 1 is 1.37 bits per heavy atom. The van der Waals surface area contributed by atoms with Crippen molar-refractivity contribution >= 4 is 11.7 Å². The predicted octanol–water partition coefficient (Wildman–Crippen LogP) is 2.47. The van der Waals surface area contributed by atoms with Gasteiger partial charge in [-0.15, -0.1) is 0 Å². The Morgan fingerprint density at radius 2 is 2.16 bits per heavy atom. The number of hydrogen-bond acceptors (Lipinski definition) is 5. The van der Waals surface area contributed by atoms with Crippen molar-refractivity contribution in [3.63, 3.8) is 0 Å². The molecule has 19 heavy (non-hydrogen) atoms. The van der Waals surface area contributed by atoms with Gasteiger partial charge in [-0.1, -0.05) is 6.07 Å². The number of benzene rings is 1. The fourth-order valence-corrected chi connectivity index (χ4v) is 1.53. The zero-order valence-electron chi connectivity index (χ0n) is 9.61. The lowest BCUT2D eigenvalue weighted by Crippen LogP contribution is -2.05. The number of furan rings is 1. The van der Waals surface area contributed by atoms with Crippen LogP contribution in [0.4, 0.5) is 5.69 Å². The van der Waals surface area contributed by atoms with E-state index in [2.05, 4.69) is 0 Å². The van der Waals surface area contributed by atoms with Crippen molar-refractivity contribution in [1.82, 2.24) is 0 Å². The molecule has 0 aliphatic rings. The van der Waals surface area contributed by atoms with Crippen LogP contribution in [-0.4, -0.2) is 16.0 Å². The van der Waals surface area contributed by atoms with E-state index in [1.54, 1.807) is 12.1 Å². The van der Waals surface area contributed by atoms with Gasteiger partial charge >= 0.3 is 11.7 Å². The predicted molar refractivity (Wildman–Crippen MR) is 63.1 cm³/mol. The summed E-state index contributed by atoms with van der Waals surface area (Å²) in [7, 11) is 0. The van der Waals surface area contributed by atoms with Crippen LogP contribution in [0.15, 0.2) is 41.0 Å². The summed E-state index contributed by atoms with van der Waals surface area (Å²) in [5.74, 6) is -1.14. The molecular weight excluding hydrogens is 254 g/mol. The Morgan fingerprint density at radius 3 is 2.74 bits per heavy atom. The van der Waals surface area contributed by atoms with E-state index >= 15 is 0 Å². The van der Waals surface area contributed by atoms with E-state index in [-0.39, 0.29) is 17.9 Å². The standard InChI is InChI=1S/C12H9NO6/c14-12(15)9-4-1-5-10(13(16)17)11(9)19-7-8-3-2-6-18-8/h1-6H,7H2,(H,14,15). The summed E-state index contributed by atoms with van der Waals surface area (Å²) in [5, 5.41) is 19.9. The number of aromatic carboxylic acids is 1. The van der Waals surface area contributed by atoms with Gasteiger partial charge in [-0.3, -0.25) is 10.1 Å². The first-order chi connectivity index (χ1) is 9.09. The van der Waals surface area contributed by atoms with Crippen LogP contribution >= 0.6 is 0 Å². The van der Waals surface area contributed by atoms with E-state index in [1.807, 2.05) is 0 Å². The normalized spacial score (nSPS) is 10.1. The molecule has 0 amide bonds. The molecule has 0 aliphatic heterocycles. The second kappa shape index (κ2) is 5.21. The summed E-state index contributed by atoms with van der Waals surface area (Å²) in [4.78, 5) is 21.2. The van der Waals surface area contributed by atoms with Gasteiger partial charge in [0.15, 0.2) is 0 Å². The van der Waals surface area contributed by atoms with Crippen molar-refractivity contribution in [1.29, 1.82) is 0 Å². The summed E-state index contributed by atoms with van der Waals surface area (Å²) >= 11 is 0. The third kappa shape index (κ3) is 2.71. The number of carbonyl (C=O) groups is 1. The number of para-hydroxylation sites is 1. The first kappa shape index (κ1) is 12.6. The number of carboxylic acid groups (broad SMARTS) is 1. The molecule has 7 nitrogen and oxygen atoms in total. The lowest BCUT2D eigenvalue weighted by atomic mass is 10.1. The van der Waals surface area contributed by atoms with Gasteiger partial charge in [-0.25, -0.2) is 4.79 Å². The molecule has 1 N–H and O–H groups in total. The van der Waals surface area contributed by atoms with Crippen LogP contribution in [0.3, 0.4) is 0 Å². The lowest BCUT2D eigenvalue weighted by molar-refractivity contribution is -0.386. The number of carboxylic acids is 1. The number of hydrogen-bond donors (Lipinski definition) is 1.